The molecule has 0 aliphatic heterocycles. The highest BCUT2D eigenvalue weighted by Crippen LogP contribution is 2.36. The number of ketones is 1. The first-order valence-electron chi connectivity index (χ1n) is 4.46. The van der Waals surface area contributed by atoms with Crippen molar-refractivity contribution in [2.45, 2.75) is 19.8 Å². The van der Waals surface area contributed by atoms with Crippen molar-refractivity contribution in [3.05, 3.63) is 25.3 Å². The van der Waals surface area contributed by atoms with Crippen LogP contribution in [0.5, 0.6) is 0 Å². The van der Waals surface area contributed by atoms with E-state index in [9.17, 15) is 4.79 Å². The van der Waals surface area contributed by atoms with Crippen LogP contribution in [-0.4, -0.2) is 5.78 Å². The Kier molecular flexibility index (Phi) is 2.85. The summed E-state index contributed by atoms with van der Waals surface area (Å²) in [6.45, 7) is 9.56. The lowest BCUT2D eigenvalue weighted by molar-refractivity contribution is -0.121. The van der Waals surface area contributed by atoms with Gasteiger partial charge in [0.05, 0.1) is 0 Å². The van der Waals surface area contributed by atoms with Crippen LogP contribution in [0.4, 0.5) is 0 Å². The molecule has 1 saturated carbocycles. The quantitative estimate of drug-likeness (QED) is 0.586. The fourth-order valence-corrected chi connectivity index (χ4v) is 2.08. The van der Waals surface area contributed by atoms with E-state index in [1.807, 2.05) is 12.2 Å². The van der Waals surface area contributed by atoms with Crippen LogP contribution in [0.15, 0.2) is 25.3 Å². The zero-order valence-electron chi connectivity index (χ0n) is 7.62. The van der Waals surface area contributed by atoms with Gasteiger partial charge < -0.3 is 0 Å². The number of hydrogen-bond acceptors (Lipinski definition) is 1. The van der Waals surface area contributed by atoms with Crippen LogP contribution >= 0.6 is 0 Å². The minimum absolute atomic E-state index is 0.162. The maximum absolute atomic E-state index is 11.4. The third-order valence-corrected chi connectivity index (χ3v) is 2.75. The van der Waals surface area contributed by atoms with Crippen molar-refractivity contribution >= 4 is 5.78 Å². The van der Waals surface area contributed by atoms with Crippen LogP contribution in [0.25, 0.3) is 0 Å². The van der Waals surface area contributed by atoms with Crippen molar-refractivity contribution in [3.8, 4) is 0 Å². The van der Waals surface area contributed by atoms with Gasteiger partial charge >= 0.3 is 0 Å². The van der Waals surface area contributed by atoms with E-state index in [0.717, 1.165) is 12.8 Å². The molecular formula is C11H16O. The van der Waals surface area contributed by atoms with E-state index in [0.29, 0.717) is 17.6 Å². The molecule has 1 fully saturated rings. The zero-order valence-corrected chi connectivity index (χ0v) is 7.62. The largest absolute Gasteiger partial charge is 0.299 e. The third-order valence-electron chi connectivity index (χ3n) is 2.75. The third kappa shape index (κ3) is 1.50. The van der Waals surface area contributed by atoms with Crippen LogP contribution in [-0.2, 0) is 4.79 Å². The molecule has 0 N–H and O–H groups in total. The lowest BCUT2D eigenvalue weighted by Crippen LogP contribution is -2.13. The second-order valence-electron chi connectivity index (χ2n) is 3.59. The van der Waals surface area contributed by atoms with Crippen LogP contribution in [0.2, 0.25) is 0 Å². The molecule has 0 heterocycles. The predicted molar refractivity (Wildman–Crippen MR) is 50.8 cm³/mol. The molecule has 1 aliphatic rings. The van der Waals surface area contributed by atoms with Gasteiger partial charge in [-0.3, -0.25) is 4.79 Å². The first kappa shape index (κ1) is 9.24. The monoisotopic (exact) mass is 164 g/mol. The SMILES string of the molecule is C=CC[C@H]1C(=O)C[C@@H](C)[C@@H]1C=C. The van der Waals surface area contributed by atoms with Crippen LogP contribution < -0.4 is 0 Å². The zero-order chi connectivity index (χ0) is 9.14. The smallest absolute Gasteiger partial charge is 0.137 e. The molecule has 3 atom stereocenters. The van der Waals surface area contributed by atoms with E-state index >= 15 is 0 Å². The average Bonchev–Trinajstić information content (AvgIpc) is 2.28. The normalized spacial score (nSPS) is 35.1. The second-order valence-corrected chi connectivity index (χ2v) is 3.59. The first-order valence-corrected chi connectivity index (χ1v) is 4.46. The lowest BCUT2D eigenvalue weighted by atomic mass is 9.88. The summed E-state index contributed by atoms with van der Waals surface area (Å²) < 4.78 is 0. The van der Waals surface area contributed by atoms with Crippen molar-refractivity contribution in [1.29, 1.82) is 0 Å². The minimum atomic E-state index is 0.162. The highest BCUT2D eigenvalue weighted by atomic mass is 16.1. The first-order chi connectivity index (χ1) is 5.70. The van der Waals surface area contributed by atoms with E-state index in [1.54, 1.807) is 0 Å². The number of Topliss-reactive ketones (excluding diaryl/α,β-unsaturated/α-hetero) is 1. The molecule has 1 aliphatic carbocycles. The van der Waals surface area contributed by atoms with Crippen molar-refractivity contribution in [2.24, 2.45) is 17.8 Å². The fourth-order valence-electron chi connectivity index (χ4n) is 2.08. The van der Waals surface area contributed by atoms with Gasteiger partial charge in [-0.1, -0.05) is 19.1 Å². The van der Waals surface area contributed by atoms with Crippen LogP contribution in [0.3, 0.4) is 0 Å². The van der Waals surface area contributed by atoms with Crippen LogP contribution in [0.1, 0.15) is 19.8 Å². The van der Waals surface area contributed by atoms with E-state index in [2.05, 4.69) is 20.1 Å². The number of allylic oxidation sites excluding steroid dienone is 2. The summed E-state index contributed by atoms with van der Waals surface area (Å²) in [6.07, 6.45) is 5.27. The van der Waals surface area contributed by atoms with Gasteiger partial charge in [0.1, 0.15) is 5.78 Å². The molecule has 0 spiro atoms. The molecular weight excluding hydrogens is 148 g/mol. The molecule has 0 aromatic rings. The van der Waals surface area contributed by atoms with Crippen molar-refractivity contribution in [1.82, 2.24) is 0 Å². The molecule has 1 rings (SSSR count). The summed E-state index contributed by atoms with van der Waals surface area (Å²) in [7, 11) is 0. The van der Waals surface area contributed by atoms with Crippen molar-refractivity contribution in [3.63, 3.8) is 0 Å². The topological polar surface area (TPSA) is 17.1 Å². The fraction of sp³-hybridized carbons (Fsp3) is 0.545. The predicted octanol–water partition coefficient (Wildman–Crippen LogP) is 2.59. The lowest BCUT2D eigenvalue weighted by Gasteiger charge is -2.15. The number of carbonyl (C=O) groups excluding carboxylic acids is 1. The van der Waals surface area contributed by atoms with Gasteiger partial charge in [-0.25, -0.2) is 0 Å². The highest BCUT2D eigenvalue weighted by molar-refractivity contribution is 5.84. The van der Waals surface area contributed by atoms with Gasteiger partial charge in [0.25, 0.3) is 0 Å². The average molecular weight is 164 g/mol. The van der Waals surface area contributed by atoms with Gasteiger partial charge in [-0.15, -0.1) is 13.2 Å². The molecule has 0 aromatic carbocycles. The Labute approximate surface area is 74.2 Å². The summed E-state index contributed by atoms with van der Waals surface area (Å²) in [5, 5.41) is 0. The van der Waals surface area contributed by atoms with E-state index < -0.39 is 0 Å². The Morgan fingerprint density at radius 2 is 2.25 bits per heavy atom. The molecule has 0 amide bonds. The molecule has 12 heavy (non-hydrogen) atoms. The Hall–Kier alpha value is -0.850. The van der Waals surface area contributed by atoms with Gasteiger partial charge in [0.2, 0.25) is 0 Å². The molecule has 1 nitrogen and oxygen atoms in total. The minimum Gasteiger partial charge on any atom is -0.299 e. The highest BCUT2D eigenvalue weighted by Gasteiger charge is 2.36. The molecule has 0 aromatic heterocycles. The Morgan fingerprint density at radius 1 is 1.58 bits per heavy atom. The van der Waals surface area contributed by atoms with Crippen molar-refractivity contribution in [2.75, 3.05) is 0 Å². The molecule has 0 radical (unpaired) electrons. The van der Waals surface area contributed by atoms with Gasteiger partial charge in [0, 0.05) is 12.3 Å². The maximum Gasteiger partial charge on any atom is 0.137 e. The summed E-state index contributed by atoms with van der Waals surface area (Å²) in [5.41, 5.74) is 0. The standard InChI is InChI=1S/C11H16O/c1-4-6-10-9(5-2)8(3)7-11(10)12/h4-5,8-10H,1-2,6-7H2,3H3/t8-,9+,10-/m1/s1. The summed E-state index contributed by atoms with van der Waals surface area (Å²) in [4.78, 5) is 11.4. The molecule has 66 valence electrons. The Morgan fingerprint density at radius 3 is 2.75 bits per heavy atom. The van der Waals surface area contributed by atoms with Gasteiger partial charge in [-0.2, -0.15) is 0 Å². The number of rotatable bonds is 3. The second kappa shape index (κ2) is 3.70. The summed E-state index contributed by atoms with van der Waals surface area (Å²) in [5.74, 6) is 1.39. The Balaban J connectivity index is 2.73. The number of carbonyl (C=O) groups is 1. The summed E-state index contributed by atoms with van der Waals surface area (Å²) in [6, 6.07) is 0. The Bertz CT molecular complexity index is 205. The molecule has 1 heteroatoms. The van der Waals surface area contributed by atoms with Gasteiger partial charge in [0.15, 0.2) is 0 Å². The summed E-state index contributed by atoms with van der Waals surface area (Å²) >= 11 is 0. The molecule has 0 saturated heterocycles. The van der Waals surface area contributed by atoms with E-state index in [4.69, 9.17) is 0 Å². The van der Waals surface area contributed by atoms with Crippen LogP contribution in [0, 0.1) is 17.8 Å². The van der Waals surface area contributed by atoms with Gasteiger partial charge in [-0.05, 0) is 18.3 Å². The van der Waals surface area contributed by atoms with E-state index in [1.165, 1.54) is 0 Å². The number of hydrogen-bond donors (Lipinski definition) is 0. The molecule has 0 bridgehead atoms. The van der Waals surface area contributed by atoms with E-state index in [-0.39, 0.29) is 5.92 Å². The van der Waals surface area contributed by atoms with Crippen molar-refractivity contribution < 1.29 is 4.79 Å². The maximum atomic E-state index is 11.4. The molecule has 0 unspecified atom stereocenters.